The van der Waals surface area contributed by atoms with Gasteiger partial charge in [0.15, 0.2) is 6.61 Å². The lowest BCUT2D eigenvalue weighted by atomic mass is 9.99. The van der Waals surface area contributed by atoms with Crippen molar-refractivity contribution in [1.29, 1.82) is 0 Å². The molecule has 0 heterocycles. The lowest BCUT2D eigenvalue weighted by Gasteiger charge is -2.13. The number of hydrogen-bond acceptors (Lipinski definition) is 1. The summed E-state index contributed by atoms with van der Waals surface area (Å²) >= 11 is 6.04. The molecule has 116 valence electrons. The molecule has 0 unspecified atom stereocenters. The van der Waals surface area contributed by atoms with Gasteiger partial charge in [0.25, 0.3) is 0 Å². The highest BCUT2D eigenvalue weighted by molar-refractivity contribution is 6.33. The van der Waals surface area contributed by atoms with Crippen molar-refractivity contribution in [2.24, 2.45) is 0 Å². The normalized spacial score (nSPS) is 11.3. The van der Waals surface area contributed by atoms with E-state index >= 15 is 0 Å². The third kappa shape index (κ3) is 4.01. The van der Waals surface area contributed by atoms with Crippen molar-refractivity contribution in [1.82, 2.24) is 0 Å². The van der Waals surface area contributed by atoms with E-state index in [0.29, 0.717) is 16.7 Å². The first-order chi connectivity index (χ1) is 10.3. The fourth-order valence-electron chi connectivity index (χ4n) is 1.91. The van der Waals surface area contributed by atoms with Crippen LogP contribution in [-0.4, -0.2) is 12.8 Å². The predicted octanol–water partition coefficient (Wildman–Crippen LogP) is 5.73. The van der Waals surface area contributed by atoms with Crippen molar-refractivity contribution < 1.29 is 22.3 Å². The van der Waals surface area contributed by atoms with Crippen molar-refractivity contribution in [3.05, 3.63) is 59.4 Å². The van der Waals surface area contributed by atoms with E-state index in [-0.39, 0.29) is 10.8 Å². The first-order valence-electron chi connectivity index (χ1n) is 6.21. The summed E-state index contributed by atoms with van der Waals surface area (Å²) < 4.78 is 54.8. The maximum Gasteiger partial charge on any atom is 0.422 e. The zero-order chi connectivity index (χ0) is 16.3. The number of alkyl halides is 3. The molecule has 0 radical (unpaired) electrons. The summed E-state index contributed by atoms with van der Waals surface area (Å²) in [5.41, 5.74) is 1.40. The maximum atomic E-state index is 13.4. The molecule has 22 heavy (non-hydrogen) atoms. The lowest BCUT2D eigenvalue weighted by molar-refractivity contribution is -0.153. The topological polar surface area (TPSA) is 9.23 Å². The van der Waals surface area contributed by atoms with E-state index in [4.69, 9.17) is 16.3 Å². The van der Waals surface area contributed by atoms with Gasteiger partial charge in [0, 0.05) is 10.6 Å². The lowest BCUT2D eigenvalue weighted by Crippen LogP contribution is -2.19. The minimum atomic E-state index is -4.44. The summed E-state index contributed by atoms with van der Waals surface area (Å²) in [6, 6.07) is 8.09. The van der Waals surface area contributed by atoms with Gasteiger partial charge in [-0.25, -0.2) is 4.39 Å². The second kappa shape index (κ2) is 6.40. The fraction of sp³-hybridized carbons (Fsp3) is 0.125. The number of ether oxygens (including phenoxy) is 1. The van der Waals surface area contributed by atoms with Gasteiger partial charge >= 0.3 is 6.18 Å². The molecule has 0 aliphatic heterocycles. The number of rotatable bonds is 4. The zero-order valence-electron chi connectivity index (χ0n) is 11.3. The Labute approximate surface area is 129 Å². The average molecular weight is 331 g/mol. The highest BCUT2D eigenvalue weighted by atomic mass is 35.5. The molecule has 2 aromatic carbocycles. The van der Waals surface area contributed by atoms with E-state index < -0.39 is 18.6 Å². The Morgan fingerprint density at radius 1 is 1.09 bits per heavy atom. The van der Waals surface area contributed by atoms with Crippen molar-refractivity contribution in [2.45, 2.75) is 6.18 Å². The predicted molar refractivity (Wildman–Crippen MR) is 78.5 cm³/mol. The summed E-state index contributed by atoms with van der Waals surface area (Å²) in [4.78, 5) is 0. The number of benzene rings is 2. The number of hydrogen-bond donors (Lipinski definition) is 0. The summed E-state index contributed by atoms with van der Waals surface area (Å²) in [6.45, 7) is 2.22. The van der Waals surface area contributed by atoms with Gasteiger partial charge in [0.1, 0.15) is 11.6 Å². The fourth-order valence-corrected chi connectivity index (χ4v) is 2.12. The van der Waals surface area contributed by atoms with E-state index in [1.165, 1.54) is 42.5 Å². The molecule has 6 heteroatoms. The van der Waals surface area contributed by atoms with E-state index in [2.05, 4.69) is 6.58 Å². The van der Waals surface area contributed by atoms with Crippen LogP contribution in [0.1, 0.15) is 5.56 Å². The van der Waals surface area contributed by atoms with Crippen LogP contribution in [0.25, 0.3) is 17.2 Å². The van der Waals surface area contributed by atoms with Crippen LogP contribution in [0.4, 0.5) is 17.6 Å². The Morgan fingerprint density at radius 2 is 1.82 bits per heavy atom. The molecule has 2 rings (SSSR count). The van der Waals surface area contributed by atoms with Gasteiger partial charge in [0.05, 0.1) is 0 Å². The Bertz CT molecular complexity index is 695. The van der Waals surface area contributed by atoms with Gasteiger partial charge in [-0.1, -0.05) is 30.3 Å². The highest BCUT2D eigenvalue weighted by Gasteiger charge is 2.28. The first kappa shape index (κ1) is 16.4. The number of halogens is 5. The van der Waals surface area contributed by atoms with E-state index in [9.17, 15) is 17.6 Å². The smallest absolute Gasteiger partial charge is 0.422 e. The van der Waals surface area contributed by atoms with Crippen LogP contribution in [0.3, 0.4) is 0 Å². The minimum absolute atomic E-state index is 0.0123. The molecule has 0 saturated carbocycles. The molecule has 0 fully saturated rings. The first-order valence-corrected chi connectivity index (χ1v) is 6.59. The van der Waals surface area contributed by atoms with Crippen LogP contribution in [0.2, 0.25) is 5.02 Å². The Hall–Kier alpha value is -2.01. The third-order valence-corrected chi connectivity index (χ3v) is 3.20. The largest absolute Gasteiger partial charge is 0.484 e. The summed E-state index contributed by atoms with van der Waals surface area (Å²) in [5, 5.41) is 0.275. The van der Waals surface area contributed by atoms with Crippen molar-refractivity contribution in [2.75, 3.05) is 6.61 Å². The molecule has 0 aliphatic carbocycles. The van der Waals surface area contributed by atoms with Crippen LogP contribution < -0.4 is 4.74 Å². The molecule has 0 aliphatic rings. The van der Waals surface area contributed by atoms with E-state index in [0.717, 1.165) is 0 Å². The second-order valence-electron chi connectivity index (χ2n) is 4.48. The van der Waals surface area contributed by atoms with Crippen LogP contribution >= 0.6 is 11.6 Å². The van der Waals surface area contributed by atoms with Crippen molar-refractivity contribution in [3.63, 3.8) is 0 Å². The molecular formula is C16H11ClF4O. The zero-order valence-corrected chi connectivity index (χ0v) is 12.0. The standard InChI is InChI=1S/C16H11ClF4O/c1-2-10-3-5-12(22-9-16(19,20)21)8-13(10)14-7-11(18)4-6-15(14)17/h2-8H,1,9H2. The second-order valence-corrected chi connectivity index (χ2v) is 4.89. The Balaban J connectivity index is 2.44. The summed E-state index contributed by atoms with van der Waals surface area (Å²) in [7, 11) is 0. The molecule has 0 saturated heterocycles. The van der Waals surface area contributed by atoms with E-state index in [1.54, 1.807) is 0 Å². The molecule has 0 aromatic heterocycles. The average Bonchev–Trinajstić information content (AvgIpc) is 2.46. The maximum absolute atomic E-state index is 13.4. The van der Waals surface area contributed by atoms with Crippen molar-refractivity contribution >= 4 is 17.7 Å². The SMILES string of the molecule is C=Cc1ccc(OCC(F)(F)F)cc1-c1cc(F)ccc1Cl. The molecule has 0 N–H and O–H groups in total. The van der Waals surface area contributed by atoms with Crippen molar-refractivity contribution in [3.8, 4) is 16.9 Å². The van der Waals surface area contributed by atoms with Gasteiger partial charge in [-0.3, -0.25) is 0 Å². The monoisotopic (exact) mass is 330 g/mol. The van der Waals surface area contributed by atoms with Gasteiger partial charge < -0.3 is 4.74 Å². The van der Waals surface area contributed by atoms with Gasteiger partial charge in [-0.2, -0.15) is 13.2 Å². The molecule has 1 nitrogen and oxygen atoms in total. The van der Waals surface area contributed by atoms with Gasteiger partial charge in [-0.05, 0) is 41.5 Å². The Kier molecular flexibility index (Phi) is 4.76. The molecule has 0 bridgehead atoms. The van der Waals surface area contributed by atoms with E-state index in [1.807, 2.05) is 0 Å². The summed E-state index contributed by atoms with van der Waals surface area (Å²) in [6.07, 6.45) is -2.93. The minimum Gasteiger partial charge on any atom is -0.484 e. The van der Waals surface area contributed by atoms with Gasteiger partial charge in [0.2, 0.25) is 0 Å². The molecule has 2 aromatic rings. The molecule has 0 spiro atoms. The van der Waals surface area contributed by atoms with Crippen LogP contribution in [0.15, 0.2) is 43.0 Å². The highest BCUT2D eigenvalue weighted by Crippen LogP contribution is 2.34. The Morgan fingerprint density at radius 3 is 2.45 bits per heavy atom. The van der Waals surface area contributed by atoms with Crippen LogP contribution in [0.5, 0.6) is 5.75 Å². The van der Waals surface area contributed by atoms with Crippen LogP contribution in [-0.2, 0) is 0 Å². The molecule has 0 atom stereocenters. The quantitative estimate of drug-likeness (QED) is 0.650. The van der Waals surface area contributed by atoms with Gasteiger partial charge in [-0.15, -0.1) is 0 Å². The molecule has 0 amide bonds. The summed E-state index contributed by atoms with van der Waals surface area (Å²) in [5.74, 6) is -0.491. The van der Waals surface area contributed by atoms with Crippen LogP contribution in [0, 0.1) is 5.82 Å². The third-order valence-electron chi connectivity index (χ3n) is 2.87. The molecular weight excluding hydrogens is 320 g/mol.